The monoisotopic (exact) mass is 340 g/mol. The van der Waals surface area contributed by atoms with Crippen LogP contribution >= 0.6 is 0 Å². The number of nitrogens with zero attached hydrogens (tertiary/aromatic N) is 1. The zero-order chi connectivity index (χ0) is 18.5. The fourth-order valence-electron chi connectivity index (χ4n) is 1.88. The number of carboxylic acids is 1. The number of ether oxygens (including phenoxy) is 1. The molecule has 2 atom stereocenters. The molecule has 0 fully saturated rings. The number of amides is 1. The highest BCUT2D eigenvalue weighted by Crippen LogP contribution is 2.15. The van der Waals surface area contributed by atoms with Gasteiger partial charge >= 0.3 is 12.1 Å². The van der Waals surface area contributed by atoms with E-state index in [-0.39, 0.29) is 12.1 Å². The predicted molar refractivity (Wildman–Crippen MR) is 83.6 cm³/mol. The van der Waals surface area contributed by atoms with E-state index in [9.17, 15) is 24.8 Å². The smallest absolute Gasteiger partial charge is 0.407 e. The summed E-state index contributed by atoms with van der Waals surface area (Å²) in [5.41, 5.74) is -0.382. The molecule has 9 heteroatoms. The Labute approximate surface area is 138 Å². The number of aliphatic hydroxyl groups excluding tert-OH is 1. The van der Waals surface area contributed by atoms with Crippen molar-refractivity contribution in [3.8, 4) is 0 Å². The normalized spacial score (nSPS) is 13.7. The summed E-state index contributed by atoms with van der Waals surface area (Å²) in [6, 6.07) is 4.21. The summed E-state index contributed by atoms with van der Waals surface area (Å²) in [7, 11) is 0. The topological polar surface area (TPSA) is 139 Å². The van der Waals surface area contributed by atoms with E-state index in [0.29, 0.717) is 5.56 Å². The molecule has 0 heterocycles. The number of rotatable bonds is 6. The largest absolute Gasteiger partial charge is 0.479 e. The van der Waals surface area contributed by atoms with E-state index >= 15 is 0 Å². The average Bonchev–Trinajstić information content (AvgIpc) is 2.44. The van der Waals surface area contributed by atoms with Gasteiger partial charge in [0.25, 0.3) is 5.69 Å². The zero-order valence-electron chi connectivity index (χ0n) is 13.6. The van der Waals surface area contributed by atoms with Gasteiger partial charge < -0.3 is 20.3 Å². The lowest BCUT2D eigenvalue weighted by Crippen LogP contribution is -2.49. The minimum Gasteiger partial charge on any atom is -0.479 e. The third-order valence-corrected chi connectivity index (χ3v) is 2.94. The molecule has 1 rings (SSSR count). The van der Waals surface area contributed by atoms with Crippen molar-refractivity contribution >= 4 is 17.7 Å². The number of nitrogens with one attached hydrogen (secondary N) is 1. The second-order valence-corrected chi connectivity index (χ2v) is 6.16. The number of carboxylic acid groups (broad SMARTS) is 1. The first-order chi connectivity index (χ1) is 11.0. The third-order valence-electron chi connectivity index (χ3n) is 2.94. The Bertz CT molecular complexity index is 607. The number of hydrogen-bond donors (Lipinski definition) is 3. The lowest BCUT2D eigenvalue weighted by molar-refractivity contribution is -0.384. The minimum atomic E-state index is -1.85. The van der Waals surface area contributed by atoms with Crippen LogP contribution in [0.25, 0.3) is 0 Å². The fourth-order valence-corrected chi connectivity index (χ4v) is 1.88. The number of nitro benzene ring substituents is 1. The molecule has 1 aromatic rings. The maximum Gasteiger partial charge on any atom is 0.407 e. The average molecular weight is 340 g/mol. The molecule has 0 aliphatic rings. The van der Waals surface area contributed by atoms with Crippen LogP contribution in [0.2, 0.25) is 0 Å². The van der Waals surface area contributed by atoms with Crippen molar-refractivity contribution in [2.24, 2.45) is 0 Å². The van der Waals surface area contributed by atoms with Crippen molar-refractivity contribution in [1.82, 2.24) is 5.32 Å². The lowest BCUT2D eigenvalue weighted by atomic mass is 10.0. The van der Waals surface area contributed by atoms with Gasteiger partial charge in [-0.05, 0) is 32.8 Å². The zero-order valence-corrected chi connectivity index (χ0v) is 13.6. The van der Waals surface area contributed by atoms with Gasteiger partial charge in [0.15, 0.2) is 6.10 Å². The van der Waals surface area contributed by atoms with E-state index in [4.69, 9.17) is 9.84 Å². The van der Waals surface area contributed by atoms with Gasteiger partial charge in [-0.25, -0.2) is 9.59 Å². The molecule has 0 bridgehead atoms. The molecule has 9 nitrogen and oxygen atoms in total. The van der Waals surface area contributed by atoms with Gasteiger partial charge in [-0.2, -0.15) is 0 Å². The highest BCUT2D eigenvalue weighted by Gasteiger charge is 2.29. The van der Waals surface area contributed by atoms with E-state index in [0.717, 1.165) is 0 Å². The first-order valence-corrected chi connectivity index (χ1v) is 7.13. The molecule has 0 unspecified atom stereocenters. The lowest BCUT2D eigenvalue weighted by Gasteiger charge is -2.25. The predicted octanol–water partition coefficient (Wildman–Crippen LogP) is 1.48. The summed E-state index contributed by atoms with van der Waals surface area (Å²) in [6.07, 6.45) is -2.76. The Morgan fingerprint density at radius 1 is 1.29 bits per heavy atom. The molecule has 0 aromatic heterocycles. The Kier molecular flexibility index (Phi) is 6.24. The molecule has 0 spiro atoms. The number of aliphatic hydroxyl groups is 1. The fraction of sp³-hybridized carbons (Fsp3) is 0.467. The van der Waals surface area contributed by atoms with E-state index in [1.54, 1.807) is 20.8 Å². The number of hydrogen-bond acceptors (Lipinski definition) is 6. The van der Waals surface area contributed by atoms with Crippen LogP contribution < -0.4 is 5.32 Å². The van der Waals surface area contributed by atoms with Crippen LogP contribution in [0.1, 0.15) is 26.3 Å². The quantitative estimate of drug-likeness (QED) is 0.526. The van der Waals surface area contributed by atoms with Gasteiger partial charge in [-0.15, -0.1) is 0 Å². The molecule has 1 aromatic carbocycles. The maximum absolute atomic E-state index is 11.8. The van der Waals surface area contributed by atoms with Crippen molar-refractivity contribution in [3.05, 3.63) is 39.9 Å². The second kappa shape index (κ2) is 7.73. The van der Waals surface area contributed by atoms with E-state index in [1.807, 2.05) is 0 Å². The Balaban J connectivity index is 2.88. The van der Waals surface area contributed by atoms with Gasteiger partial charge in [0.1, 0.15) is 5.60 Å². The second-order valence-electron chi connectivity index (χ2n) is 6.16. The first-order valence-electron chi connectivity index (χ1n) is 7.13. The van der Waals surface area contributed by atoms with Gasteiger partial charge in [-0.1, -0.05) is 12.1 Å². The molecule has 0 aliphatic carbocycles. The van der Waals surface area contributed by atoms with Gasteiger partial charge in [0.05, 0.1) is 11.0 Å². The summed E-state index contributed by atoms with van der Waals surface area (Å²) in [5.74, 6) is -1.50. The van der Waals surface area contributed by atoms with Crippen LogP contribution in [0.15, 0.2) is 24.3 Å². The van der Waals surface area contributed by atoms with Crippen LogP contribution in [0.3, 0.4) is 0 Å². The molecule has 24 heavy (non-hydrogen) atoms. The van der Waals surface area contributed by atoms with Gasteiger partial charge in [-0.3, -0.25) is 10.1 Å². The molecular formula is C15H20N2O7. The number of carbonyl (C=O) groups excluding carboxylic acids is 1. The number of alkyl carbamates (subject to hydrolysis) is 1. The first kappa shape index (κ1) is 19.4. The number of non-ortho nitro benzene ring substituents is 1. The highest BCUT2D eigenvalue weighted by molar-refractivity contribution is 5.75. The van der Waals surface area contributed by atoms with Crippen molar-refractivity contribution in [2.75, 3.05) is 0 Å². The summed E-state index contributed by atoms with van der Waals surface area (Å²) in [6.45, 7) is 4.93. The van der Waals surface area contributed by atoms with Crippen LogP contribution in [0.5, 0.6) is 0 Å². The van der Waals surface area contributed by atoms with E-state index in [2.05, 4.69) is 5.32 Å². The van der Waals surface area contributed by atoms with Gasteiger partial charge in [0, 0.05) is 12.1 Å². The van der Waals surface area contributed by atoms with E-state index < -0.39 is 34.7 Å². The molecular weight excluding hydrogens is 320 g/mol. The molecule has 0 saturated heterocycles. The SMILES string of the molecule is CC(C)(C)OC(=O)N[C@H](Cc1ccc([N+](=O)[O-])cc1)[C@H](O)C(=O)O. The molecule has 1 amide bonds. The highest BCUT2D eigenvalue weighted by atomic mass is 16.6. The molecule has 0 aliphatic heterocycles. The minimum absolute atomic E-state index is 0.0370. The number of benzene rings is 1. The van der Waals surface area contributed by atoms with Crippen molar-refractivity contribution in [1.29, 1.82) is 0 Å². The number of nitro groups is 1. The summed E-state index contributed by atoms with van der Waals surface area (Å²) in [5, 5.41) is 31.7. The molecule has 3 N–H and O–H groups in total. The Morgan fingerprint density at radius 3 is 2.25 bits per heavy atom. The van der Waals surface area contributed by atoms with Crippen LogP contribution in [0, 0.1) is 10.1 Å². The molecule has 0 radical (unpaired) electrons. The van der Waals surface area contributed by atoms with Crippen LogP contribution in [-0.2, 0) is 16.0 Å². The van der Waals surface area contributed by atoms with Crippen molar-refractivity contribution in [3.63, 3.8) is 0 Å². The summed E-state index contributed by atoms with van der Waals surface area (Å²) < 4.78 is 5.04. The Morgan fingerprint density at radius 2 is 1.83 bits per heavy atom. The third kappa shape index (κ3) is 6.21. The molecule has 0 saturated carbocycles. The summed E-state index contributed by atoms with van der Waals surface area (Å²) in [4.78, 5) is 32.9. The number of carbonyl (C=O) groups is 2. The van der Waals surface area contributed by atoms with Crippen LogP contribution in [0.4, 0.5) is 10.5 Å². The molecule has 132 valence electrons. The maximum atomic E-state index is 11.8. The van der Waals surface area contributed by atoms with E-state index in [1.165, 1.54) is 24.3 Å². The van der Waals surface area contributed by atoms with Crippen LogP contribution in [-0.4, -0.2) is 44.9 Å². The standard InChI is InChI=1S/C15H20N2O7/c1-15(2,3)24-14(21)16-11(12(18)13(19)20)8-9-4-6-10(7-5-9)17(22)23/h4-7,11-12,18H,8H2,1-3H3,(H,16,21)(H,19,20)/t11-,12+/m1/s1. The number of aliphatic carboxylic acids is 1. The van der Waals surface area contributed by atoms with Crippen molar-refractivity contribution < 1.29 is 29.5 Å². The van der Waals surface area contributed by atoms with Gasteiger partial charge in [0.2, 0.25) is 0 Å². The summed E-state index contributed by atoms with van der Waals surface area (Å²) >= 11 is 0. The Hall–Kier alpha value is -2.68. The van der Waals surface area contributed by atoms with Crippen molar-refractivity contribution in [2.45, 2.75) is 44.9 Å².